The topological polar surface area (TPSA) is 53.1 Å². The maximum atomic E-state index is 12.2. The Morgan fingerprint density at radius 3 is 2.80 bits per heavy atom. The summed E-state index contributed by atoms with van der Waals surface area (Å²) in [6.07, 6.45) is 9.07. The number of hydrogen-bond acceptors (Lipinski definition) is 2. The van der Waals surface area contributed by atoms with Crippen molar-refractivity contribution in [3.8, 4) is 0 Å². The minimum Gasteiger partial charge on any atom is -0.383 e. The van der Waals surface area contributed by atoms with Crippen LogP contribution in [0.2, 0.25) is 0 Å². The predicted molar refractivity (Wildman–Crippen MR) is 119 cm³/mol. The molecule has 3 fully saturated rings. The minimum atomic E-state index is -0.778. The van der Waals surface area contributed by atoms with E-state index in [1.807, 2.05) is 6.08 Å². The van der Waals surface area contributed by atoms with Crippen LogP contribution in [0.5, 0.6) is 0 Å². The first kappa shape index (κ1) is 18.9. The summed E-state index contributed by atoms with van der Waals surface area (Å²) in [6.45, 7) is 4.77. The fourth-order valence-corrected chi connectivity index (χ4v) is 8.34. The summed E-state index contributed by atoms with van der Waals surface area (Å²) in [4.78, 5) is 15.6. The van der Waals surface area contributed by atoms with E-state index in [-0.39, 0.29) is 5.41 Å². The van der Waals surface area contributed by atoms with Crippen LogP contribution in [-0.2, 0) is 10.4 Å². The third kappa shape index (κ3) is 2.39. The molecule has 0 unspecified atom stereocenters. The van der Waals surface area contributed by atoms with E-state index in [0.29, 0.717) is 35.4 Å². The molecule has 0 radical (unpaired) electrons. The maximum Gasteiger partial charge on any atom is 0.155 e. The first-order chi connectivity index (χ1) is 14.4. The van der Waals surface area contributed by atoms with Gasteiger partial charge >= 0.3 is 0 Å². The Morgan fingerprint density at radius 1 is 1.13 bits per heavy atom. The van der Waals surface area contributed by atoms with Gasteiger partial charge in [-0.1, -0.05) is 37.6 Å². The molecule has 2 aromatic rings. The van der Waals surface area contributed by atoms with Gasteiger partial charge in [-0.05, 0) is 91.7 Å². The van der Waals surface area contributed by atoms with Crippen molar-refractivity contribution >= 4 is 16.7 Å². The van der Waals surface area contributed by atoms with Gasteiger partial charge in [-0.25, -0.2) is 0 Å². The van der Waals surface area contributed by atoms with Crippen molar-refractivity contribution in [2.45, 2.75) is 64.4 Å². The number of ketones is 1. The number of para-hydroxylation sites is 1. The minimum absolute atomic E-state index is 0.0883. The lowest BCUT2D eigenvalue weighted by Gasteiger charge is -2.57. The van der Waals surface area contributed by atoms with E-state index in [4.69, 9.17) is 0 Å². The first-order valence-electron chi connectivity index (χ1n) is 11.9. The molecular formula is C27H33NO2. The molecule has 3 nitrogen and oxygen atoms in total. The number of benzene rings is 1. The van der Waals surface area contributed by atoms with Gasteiger partial charge in [0, 0.05) is 23.0 Å². The lowest BCUT2D eigenvalue weighted by atomic mass is 9.48. The second-order valence-electron chi connectivity index (χ2n) is 11.0. The van der Waals surface area contributed by atoms with E-state index in [0.717, 1.165) is 49.7 Å². The number of H-pyrrole nitrogens is 1. The van der Waals surface area contributed by atoms with Gasteiger partial charge in [0.05, 0.1) is 0 Å². The molecule has 3 saturated carbocycles. The molecule has 0 spiro atoms. The summed E-state index contributed by atoms with van der Waals surface area (Å²) >= 11 is 0. The van der Waals surface area contributed by atoms with E-state index < -0.39 is 5.60 Å². The highest BCUT2D eigenvalue weighted by molar-refractivity contribution is 5.91. The molecule has 1 heterocycles. The Morgan fingerprint density at radius 2 is 1.97 bits per heavy atom. The standard InChI is InChI=1S/C27H33NO2/c1-16-13-18-14-19(29)7-8-20(18)21-9-11-26(2)22(25(16)21)10-12-27(26,30)24-15-17-5-3-4-6-23(17)28-24/h3-6,14-16,20-22,25,28,30H,7-13H2,1-2H3/t16-,20-,21-,22+,25+,26-,27-/m0/s1. The summed E-state index contributed by atoms with van der Waals surface area (Å²) < 4.78 is 0. The van der Waals surface area contributed by atoms with Crippen molar-refractivity contribution in [2.24, 2.45) is 35.0 Å². The Hall–Kier alpha value is -1.87. The molecule has 3 heteroatoms. The van der Waals surface area contributed by atoms with Crippen LogP contribution in [-0.4, -0.2) is 15.9 Å². The molecule has 4 aliphatic carbocycles. The second-order valence-corrected chi connectivity index (χ2v) is 11.0. The van der Waals surface area contributed by atoms with Crippen LogP contribution in [0.3, 0.4) is 0 Å². The molecule has 4 aliphatic rings. The lowest BCUT2D eigenvalue weighted by Crippen LogP contribution is -2.53. The molecule has 7 atom stereocenters. The fraction of sp³-hybridized carbons (Fsp3) is 0.593. The van der Waals surface area contributed by atoms with Gasteiger partial charge in [-0.15, -0.1) is 0 Å². The highest BCUT2D eigenvalue weighted by atomic mass is 16.3. The Balaban J connectivity index is 1.38. The molecule has 30 heavy (non-hydrogen) atoms. The summed E-state index contributed by atoms with van der Waals surface area (Å²) in [5, 5.41) is 13.4. The van der Waals surface area contributed by atoms with Crippen molar-refractivity contribution in [1.82, 2.24) is 4.98 Å². The Labute approximate surface area is 178 Å². The predicted octanol–water partition coefficient (Wildman–Crippen LogP) is 5.74. The van der Waals surface area contributed by atoms with E-state index in [1.54, 1.807) is 0 Å². The average molecular weight is 404 g/mol. The van der Waals surface area contributed by atoms with E-state index in [9.17, 15) is 9.90 Å². The Kier molecular flexibility index (Phi) is 3.98. The zero-order valence-electron chi connectivity index (χ0n) is 18.2. The number of rotatable bonds is 1. The van der Waals surface area contributed by atoms with Crippen LogP contribution < -0.4 is 0 Å². The first-order valence-corrected chi connectivity index (χ1v) is 11.9. The van der Waals surface area contributed by atoms with Crippen molar-refractivity contribution in [3.63, 3.8) is 0 Å². The summed E-state index contributed by atoms with van der Waals surface area (Å²) in [5.74, 6) is 3.45. The van der Waals surface area contributed by atoms with Gasteiger partial charge in [0.25, 0.3) is 0 Å². The van der Waals surface area contributed by atoms with Crippen LogP contribution >= 0.6 is 0 Å². The average Bonchev–Trinajstić information content (AvgIpc) is 3.28. The summed E-state index contributed by atoms with van der Waals surface area (Å²) in [5.41, 5.74) is 2.70. The quantitative estimate of drug-likeness (QED) is 0.637. The molecule has 0 saturated heterocycles. The monoisotopic (exact) mass is 403 g/mol. The third-order valence-electron chi connectivity index (χ3n) is 9.77. The Bertz CT molecular complexity index is 1020. The van der Waals surface area contributed by atoms with Crippen molar-refractivity contribution in [3.05, 3.63) is 47.7 Å². The molecular weight excluding hydrogens is 370 g/mol. The van der Waals surface area contributed by atoms with E-state index >= 15 is 0 Å². The van der Waals surface area contributed by atoms with Crippen LogP contribution in [0.1, 0.15) is 64.5 Å². The van der Waals surface area contributed by atoms with Gasteiger partial charge in [-0.2, -0.15) is 0 Å². The number of nitrogens with one attached hydrogen (secondary N) is 1. The maximum absolute atomic E-state index is 12.2. The number of aromatic amines is 1. The van der Waals surface area contributed by atoms with Crippen LogP contribution in [0.4, 0.5) is 0 Å². The number of aromatic nitrogens is 1. The number of hydrogen-bond donors (Lipinski definition) is 2. The molecule has 2 N–H and O–H groups in total. The molecule has 0 amide bonds. The molecule has 6 rings (SSSR count). The highest BCUT2D eigenvalue weighted by Gasteiger charge is 2.64. The van der Waals surface area contributed by atoms with Crippen molar-refractivity contribution in [2.75, 3.05) is 0 Å². The van der Waals surface area contributed by atoms with Crippen molar-refractivity contribution < 1.29 is 9.90 Å². The largest absolute Gasteiger partial charge is 0.383 e. The van der Waals surface area contributed by atoms with E-state index in [1.165, 1.54) is 17.4 Å². The highest BCUT2D eigenvalue weighted by Crippen LogP contribution is 2.68. The van der Waals surface area contributed by atoms with Crippen LogP contribution in [0.15, 0.2) is 42.0 Å². The second kappa shape index (κ2) is 6.32. The number of carbonyl (C=O) groups excluding carboxylic acids is 1. The normalized spacial score (nSPS) is 43.1. The summed E-state index contributed by atoms with van der Waals surface area (Å²) in [7, 11) is 0. The number of allylic oxidation sites excluding steroid dienone is 1. The molecule has 158 valence electrons. The van der Waals surface area contributed by atoms with Gasteiger partial charge < -0.3 is 10.1 Å². The van der Waals surface area contributed by atoms with Gasteiger partial charge in [0.1, 0.15) is 5.60 Å². The third-order valence-corrected chi connectivity index (χ3v) is 9.77. The molecule has 1 aromatic heterocycles. The number of aliphatic hydroxyl groups is 1. The van der Waals surface area contributed by atoms with Crippen LogP contribution in [0, 0.1) is 35.0 Å². The summed E-state index contributed by atoms with van der Waals surface area (Å²) in [6, 6.07) is 10.5. The lowest BCUT2D eigenvalue weighted by molar-refractivity contribution is -0.134. The molecule has 0 bridgehead atoms. The van der Waals surface area contributed by atoms with Crippen LogP contribution in [0.25, 0.3) is 10.9 Å². The molecule has 0 aliphatic heterocycles. The number of carbonyl (C=O) groups is 1. The van der Waals surface area contributed by atoms with Gasteiger partial charge in [-0.3, -0.25) is 4.79 Å². The van der Waals surface area contributed by atoms with Gasteiger partial charge in [0.15, 0.2) is 5.78 Å². The molecule has 1 aromatic carbocycles. The zero-order chi connectivity index (χ0) is 20.7. The van der Waals surface area contributed by atoms with Gasteiger partial charge in [0.2, 0.25) is 0 Å². The SMILES string of the molecule is C[C@H]1CC2=CC(=O)CC[C@@H]2[C@@H]2CC[C@@]3(C)[C@H](CC[C@]3(O)c3cc4ccccc4[nH]3)[C@@H]21. The fourth-order valence-electron chi connectivity index (χ4n) is 8.34. The number of fused-ring (bicyclic) bond motifs is 6. The van der Waals surface area contributed by atoms with Crippen molar-refractivity contribution in [1.29, 1.82) is 0 Å². The smallest absolute Gasteiger partial charge is 0.155 e. The van der Waals surface area contributed by atoms with E-state index in [2.05, 4.69) is 49.2 Å². The zero-order valence-corrected chi connectivity index (χ0v) is 18.2.